The molecule has 0 unspecified atom stereocenters. The summed E-state index contributed by atoms with van der Waals surface area (Å²) in [6, 6.07) is 6.39. The highest BCUT2D eigenvalue weighted by atomic mass is 19.4. The van der Waals surface area contributed by atoms with Crippen molar-refractivity contribution in [2.45, 2.75) is 18.7 Å². The maximum absolute atomic E-state index is 12.5. The van der Waals surface area contributed by atoms with E-state index in [1.54, 1.807) is 23.2 Å². The minimum atomic E-state index is -4.71. The number of alkyl halides is 3. The van der Waals surface area contributed by atoms with Crippen LogP contribution < -0.4 is 4.74 Å². The molecule has 3 aromatic rings. The second-order valence-corrected chi connectivity index (χ2v) is 6.33. The summed E-state index contributed by atoms with van der Waals surface area (Å²) in [4.78, 5) is 25.4. The molecule has 150 valence electrons. The van der Waals surface area contributed by atoms with E-state index in [2.05, 4.69) is 24.6 Å². The zero-order valence-corrected chi connectivity index (χ0v) is 14.8. The Bertz CT molecular complexity index is 992. The number of nitrogens with zero attached hydrogens (tertiary/aromatic N) is 5. The SMILES string of the molecule is O=C(c1cccnc1)N1CC[C@@H](Oc2ccc(-c3noc(C(F)(F)F)n3)cn2)C1. The quantitative estimate of drug-likeness (QED) is 0.659. The number of hydrogen-bond donors (Lipinski definition) is 0. The first kappa shape index (κ1) is 18.8. The second-order valence-electron chi connectivity index (χ2n) is 6.33. The predicted molar refractivity (Wildman–Crippen MR) is 91.7 cm³/mol. The van der Waals surface area contributed by atoms with Crippen LogP contribution >= 0.6 is 0 Å². The molecule has 1 aliphatic heterocycles. The Kier molecular flexibility index (Phi) is 4.87. The zero-order valence-electron chi connectivity index (χ0n) is 14.8. The topological polar surface area (TPSA) is 94.2 Å². The molecule has 0 radical (unpaired) electrons. The van der Waals surface area contributed by atoms with E-state index >= 15 is 0 Å². The lowest BCUT2D eigenvalue weighted by Gasteiger charge is -2.16. The van der Waals surface area contributed by atoms with Crippen molar-refractivity contribution in [1.82, 2.24) is 25.0 Å². The molecule has 8 nitrogen and oxygen atoms in total. The fourth-order valence-electron chi connectivity index (χ4n) is 2.89. The molecule has 29 heavy (non-hydrogen) atoms. The summed E-state index contributed by atoms with van der Waals surface area (Å²) in [5.41, 5.74) is 0.769. The van der Waals surface area contributed by atoms with Crippen LogP contribution in [0.5, 0.6) is 5.88 Å². The maximum Gasteiger partial charge on any atom is 0.471 e. The number of hydrogen-bond acceptors (Lipinski definition) is 7. The molecule has 0 saturated carbocycles. The number of aromatic nitrogens is 4. The average molecular weight is 405 g/mol. The van der Waals surface area contributed by atoms with Gasteiger partial charge in [0, 0.05) is 43.2 Å². The van der Waals surface area contributed by atoms with Gasteiger partial charge in [-0.05, 0) is 18.2 Å². The number of likely N-dealkylation sites (tertiary alicyclic amines) is 1. The van der Waals surface area contributed by atoms with E-state index in [4.69, 9.17) is 4.74 Å². The summed E-state index contributed by atoms with van der Waals surface area (Å²) in [5.74, 6) is -1.47. The number of carbonyl (C=O) groups is 1. The van der Waals surface area contributed by atoms with Gasteiger partial charge in [0.1, 0.15) is 6.10 Å². The summed E-state index contributed by atoms with van der Waals surface area (Å²) in [7, 11) is 0. The van der Waals surface area contributed by atoms with Crippen LogP contribution in [0.3, 0.4) is 0 Å². The minimum absolute atomic E-state index is 0.120. The molecule has 1 aliphatic rings. The van der Waals surface area contributed by atoms with Crippen molar-refractivity contribution in [1.29, 1.82) is 0 Å². The number of ether oxygens (including phenoxy) is 1. The van der Waals surface area contributed by atoms with Gasteiger partial charge in [0.05, 0.1) is 12.1 Å². The van der Waals surface area contributed by atoms with Crippen LogP contribution in [0.15, 0.2) is 47.4 Å². The highest BCUT2D eigenvalue weighted by Crippen LogP contribution is 2.29. The average Bonchev–Trinajstić information content (AvgIpc) is 3.38. The van der Waals surface area contributed by atoms with Gasteiger partial charge in [0.15, 0.2) is 0 Å². The molecule has 0 spiro atoms. The molecular formula is C18H14F3N5O3. The smallest absolute Gasteiger partial charge is 0.471 e. The number of carbonyl (C=O) groups excluding carboxylic acids is 1. The van der Waals surface area contributed by atoms with Crippen molar-refractivity contribution >= 4 is 5.91 Å². The van der Waals surface area contributed by atoms with Crippen LogP contribution in [0.1, 0.15) is 22.7 Å². The Morgan fingerprint density at radius 2 is 2.10 bits per heavy atom. The fourth-order valence-corrected chi connectivity index (χ4v) is 2.89. The van der Waals surface area contributed by atoms with Crippen LogP contribution in [0, 0.1) is 0 Å². The Morgan fingerprint density at radius 3 is 2.76 bits per heavy atom. The van der Waals surface area contributed by atoms with E-state index in [9.17, 15) is 18.0 Å². The molecule has 3 aromatic heterocycles. The van der Waals surface area contributed by atoms with E-state index in [-0.39, 0.29) is 29.3 Å². The number of rotatable bonds is 4. The van der Waals surface area contributed by atoms with Gasteiger partial charge in [-0.1, -0.05) is 5.16 Å². The Morgan fingerprint density at radius 1 is 1.24 bits per heavy atom. The second kappa shape index (κ2) is 7.49. The largest absolute Gasteiger partial charge is 0.472 e. The van der Waals surface area contributed by atoms with E-state index in [1.807, 2.05) is 0 Å². The highest BCUT2D eigenvalue weighted by molar-refractivity contribution is 5.94. The molecule has 0 N–H and O–H groups in total. The molecule has 0 bridgehead atoms. The maximum atomic E-state index is 12.5. The molecule has 1 atom stereocenters. The molecule has 4 heterocycles. The van der Waals surface area contributed by atoms with Crippen molar-refractivity contribution in [3.05, 3.63) is 54.3 Å². The molecule has 0 aliphatic carbocycles. The van der Waals surface area contributed by atoms with Crippen LogP contribution in [0.2, 0.25) is 0 Å². The molecule has 0 aromatic carbocycles. The van der Waals surface area contributed by atoms with E-state index in [0.29, 0.717) is 25.1 Å². The molecule has 11 heteroatoms. The van der Waals surface area contributed by atoms with E-state index in [1.165, 1.54) is 24.5 Å². The molecule has 4 rings (SSSR count). The fraction of sp³-hybridized carbons (Fsp3) is 0.278. The van der Waals surface area contributed by atoms with Gasteiger partial charge in [-0.25, -0.2) is 4.98 Å². The first-order valence-electron chi connectivity index (χ1n) is 8.63. The number of halogens is 3. The van der Waals surface area contributed by atoms with Gasteiger partial charge in [-0.3, -0.25) is 9.78 Å². The van der Waals surface area contributed by atoms with Gasteiger partial charge in [0.25, 0.3) is 5.91 Å². The summed E-state index contributed by atoms with van der Waals surface area (Å²) in [6.45, 7) is 0.941. The lowest BCUT2D eigenvalue weighted by Crippen LogP contribution is -2.31. The Balaban J connectivity index is 1.37. The highest BCUT2D eigenvalue weighted by Gasteiger charge is 2.38. The molecule has 1 saturated heterocycles. The number of pyridine rings is 2. The standard InChI is InChI=1S/C18H14F3N5O3/c19-18(20,21)17-24-15(25-29-17)11-3-4-14(23-9-11)28-13-5-7-26(10-13)16(27)12-2-1-6-22-8-12/h1-4,6,8-9,13H,5,7,10H2/t13-/m1/s1. The Hall–Kier alpha value is -3.50. The summed E-state index contributed by atoms with van der Waals surface area (Å²) in [6.07, 6.45) is 0.0993. The zero-order chi connectivity index (χ0) is 20.4. The van der Waals surface area contributed by atoms with Gasteiger partial charge in [0.2, 0.25) is 11.7 Å². The summed E-state index contributed by atoms with van der Waals surface area (Å²) in [5, 5.41) is 3.31. The Labute approximate surface area is 162 Å². The van der Waals surface area contributed by atoms with Crippen molar-refractivity contribution in [3.8, 4) is 17.3 Å². The van der Waals surface area contributed by atoms with Crippen LogP contribution in [0.25, 0.3) is 11.4 Å². The van der Waals surface area contributed by atoms with Gasteiger partial charge in [-0.2, -0.15) is 18.2 Å². The normalized spacial score (nSPS) is 16.8. The lowest BCUT2D eigenvalue weighted by atomic mass is 10.2. The van der Waals surface area contributed by atoms with Crippen molar-refractivity contribution in [3.63, 3.8) is 0 Å². The molecule has 1 amide bonds. The van der Waals surface area contributed by atoms with Crippen molar-refractivity contribution < 1.29 is 27.2 Å². The van der Waals surface area contributed by atoms with Crippen LogP contribution in [0.4, 0.5) is 13.2 Å². The molecular weight excluding hydrogens is 391 g/mol. The third-order valence-electron chi connectivity index (χ3n) is 4.29. The van der Waals surface area contributed by atoms with Crippen molar-refractivity contribution in [2.24, 2.45) is 0 Å². The van der Waals surface area contributed by atoms with Gasteiger partial charge >= 0.3 is 12.1 Å². The summed E-state index contributed by atoms with van der Waals surface area (Å²) < 4.78 is 47.6. The van der Waals surface area contributed by atoms with Crippen LogP contribution in [-0.2, 0) is 6.18 Å². The van der Waals surface area contributed by atoms with E-state index in [0.717, 1.165) is 0 Å². The monoisotopic (exact) mass is 405 g/mol. The van der Waals surface area contributed by atoms with E-state index < -0.39 is 12.1 Å². The van der Waals surface area contributed by atoms with Crippen LogP contribution in [-0.4, -0.2) is 50.1 Å². The number of amides is 1. The first-order chi connectivity index (χ1) is 13.9. The van der Waals surface area contributed by atoms with Gasteiger partial charge in [-0.15, -0.1) is 0 Å². The van der Waals surface area contributed by atoms with Crippen molar-refractivity contribution in [2.75, 3.05) is 13.1 Å². The third kappa shape index (κ3) is 4.18. The first-order valence-corrected chi connectivity index (χ1v) is 8.63. The molecule has 1 fully saturated rings. The predicted octanol–water partition coefficient (Wildman–Crippen LogP) is 2.84. The summed E-state index contributed by atoms with van der Waals surface area (Å²) >= 11 is 0. The minimum Gasteiger partial charge on any atom is -0.472 e. The van der Waals surface area contributed by atoms with Gasteiger partial charge < -0.3 is 14.2 Å². The third-order valence-corrected chi connectivity index (χ3v) is 4.29. The lowest BCUT2D eigenvalue weighted by molar-refractivity contribution is -0.159.